The Morgan fingerprint density at radius 3 is 2.22 bits per heavy atom. The van der Waals surface area contributed by atoms with Crippen LogP contribution >= 0.6 is 0 Å². The first kappa shape index (κ1) is 12.7. The molecule has 94 valence electrons. The van der Waals surface area contributed by atoms with Crippen molar-refractivity contribution in [3.63, 3.8) is 0 Å². The first-order valence-electron chi connectivity index (χ1n) is 6.33. The smallest absolute Gasteiger partial charge is 0.115 e. The molecule has 3 heteroatoms. The Balaban J connectivity index is 2.10. The molecular weight excluding hydrogens is 222 g/mol. The van der Waals surface area contributed by atoms with E-state index in [0.717, 1.165) is 18.4 Å². The van der Waals surface area contributed by atoms with Crippen molar-refractivity contribution in [3.8, 4) is 0 Å². The highest BCUT2D eigenvalue weighted by Gasteiger charge is 2.10. The molecule has 0 bridgehead atoms. The van der Waals surface area contributed by atoms with Crippen LogP contribution < -0.4 is 5.32 Å². The van der Waals surface area contributed by atoms with Crippen molar-refractivity contribution in [2.45, 2.75) is 25.8 Å². The Kier molecular flexibility index (Phi) is 4.42. The van der Waals surface area contributed by atoms with Crippen LogP contribution in [0.15, 0.2) is 43.0 Å². The fraction of sp³-hybridized carbons (Fsp3) is 0.333. The Morgan fingerprint density at radius 2 is 1.67 bits per heavy atom. The zero-order chi connectivity index (χ0) is 12.8. The number of rotatable bonds is 5. The standard InChI is InChI=1S/C15H19N3/c1-3-12-4-6-13(7-5-12)8-15(16-2)14-9-17-11-18-10-14/h4-7,9-11,15-16H,3,8H2,1-2H3. The van der Waals surface area contributed by atoms with Gasteiger partial charge in [0.1, 0.15) is 6.33 Å². The molecule has 2 rings (SSSR count). The fourth-order valence-electron chi connectivity index (χ4n) is 2.02. The van der Waals surface area contributed by atoms with Crippen LogP contribution in [0.2, 0.25) is 0 Å². The Hall–Kier alpha value is -1.74. The molecule has 0 spiro atoms. The van der Waals surface area contributed by atoms with Gasteiger partial charge in [0.2, 0.25) is 0 Å². The van der Waals surface area contributed by atoms with Crippen molar-refractivity contribution in [1.82, 2.24) is 15.3 Å². The van der Waals surface area contributed by atoms with Gasteiger partial charge in [0.15, 0.2) is 0 Å². The molecule has 0 fully saturated rings. The summed E-state index contributed by atoms with van der Waals surface area (Å²) in [4.78, 5) is 8.14. The summed E-state index contributed by atoms with van der Waals surface area (Å²) < 4.78 is 0. The number of hydrogen-bond acceptors (Lipinski definition) is 3. The molecule has 0 saturated heterocycles. The molecule has 1 N–H and O–H groups in total. The third-order valence-corrected chi connectivity index (χ3v) is 3.20. The molecule has 1 heterocycles. The van der Waals surface area contributed by atoms with Gasteiger partial charge in [-0.3, -0.25) is 0 Å². The predicted molar refractivity (Wildman–Crippen MR) is 73.4 cm³/mol. The van der Waals surface area contributed by atoms with E-state index in [2.05, 4.69) is 46.5 Å². The number of aromatic nitrogens is 2. The lowest BCUT2D eigenvalue weighted by molar-refractivity contribution is 0.587. The van der Waals surface area contributed by atoms with Gasteiger partial charge in [-0.25, -0.2) is 9.97 Å². The lowest BCUT2D eigenvalue weighted by Crippen LogP contribution is -2.19. The highest BCUT2D eigenvalue weighted by molar-refractivity contribution is 5.24. The number of hydrogen-bond donors (Lipinski definition) is 1. The van der Waals surface area contributed by atoms with Crippen molar-refractivity contribution in [3.05, 3.63) is 59.7 Å². The normalized spacial score (nSPS) is 12.3. The summed E-state index contributed by atoms with van der Waals surface area (Å²) in [7, 11) is 1.97. The average Bonchev–Trinajstić information content (AvgIpc) is 2.46. The summed E-state index contributed by atoms with van der Waals surface area (Å²) in [5, 5.41) is 3.32. The molecule has 0 aliphatic rings. The predicted octanol–water partition coefficient (Wildman–Crippen LogP) is 2.54. The van der Waals surface area contributed by atoms with Gasteiger partial charge in [0, 0.05) is 24.0 Å². The van der Waals surface area contributed by atoms with Crippen molar-refractivity contribution >= 4 is 0 Å². The maximum Gasteiger partial charge on any atom is 0.115 e. The summed E-state index contributed by atoms with van der Waals surface area (Å²) in [5.74, 6) is 0. The number of aryl methyl sites for hydroxylation is 1. The van der Waals surface area contributed by atoms with Crippen LogP contribution in [-0.4, -0.2) is 17.0 Å². The highest BCUT2D eigenvalue weighted by Crippen LogP contribution is 2.17. The Bertz CT molecular complexity index is 465. The molecule has 0 saturated carbocycles. The lowest BCUT2D eigenvalue weighted by Gasteiger charge is -2.16. The summed E-state index contributed by atoms with van der Waals surface area (Å²) in [6.07, 6.45) is 7.34. The number of likely N-dealkylation sites (N-methyl/N-ethyl adjacent to an activating group) is 1. The molecule has 1 unspecified atom stereocenters. The minimum atomic E-state index is 0.263. The summed E-state index contributed by atoms with van der Waals surface area (Å²) in [6.45, 7) is 2.17. The minimum Gasteiger partial charge on any atom is -0.313 e. The van der Waals surface area contributed by atoms with Crippen LogP contribution in [-0.2, 0) is 12.8 Å². The monoisotopic (exact) mass is 241 g/mol. The van der Waals surface area contributed by atoms with E-state index in [1.54, 1.807) is 6.33 Å². The Morgan fingerprint density at radius 1 is 1.06 bits per heavy atom. The van der Waals surface area contributed by atoms with E-state index >= 15 is 0 Å². The van der Waals surface area contributed by atoms with Gasteiger partial charge in [-0.15, -0.1) is 0 Å². The fourth-order valence-corrected chi connectivity index (χ4v) is 2.02. The van der Waals surface area contributed by atoms with Gasteiger partial charge in [-0.05, 0) is 31.0 Å². The van der Waals surface area contributed by atoms with Crippen LogP contribution in [0.25, 0.3) is 0 Å². The largest absolute Gasteiger partial charge is 0.313 e. The average molecular weight is 241 g/mol. The summed E-state index contributed by atoms with van der Waals surface area (Å²) >= 11 is 0. The second-order valence-electron chi connectivity index (χ2n) is 4.39. The molecule has 1 aromatic heterocycles. The van der Waals surface area contributed by atoms with Gasteiger partial charge >= 0.3 is 0 Å². The van der Waals surface area contributed by atoms with Crippen LogP contribution in [0.1, 0.15) is 29.7 Å². The number of benzene rings is 1. The zero-order valence-electron chi connectivity index (χ0n) is 10.9. The van der Waals surface area contributed by atoms with Crippen LogP contribution in [0.4, 0.5) is 0 Å². The highest BCUT2D eigenvalue weighted by atomic mass is 14.9. The molecule has 0 aliphatic carbocycles. The van der Waals surface area contributed by atoms with E-state index in [-0.39, 0.29) is 6.04 Å². The minimum absolute atomic E-state index is 0.263. The van der Waals surface area contributed by atoms with E-state index in [0.29, 0.717) is 0 Å². The third kappa shape index (κ3) is 3.14. The topological polar surface area (TPSA) is 37.8 Å². The van der Waals surface area contributed by atoms with Crippen molar-refractivity contribution < 1.29 is 0 Å². The number of nitrogens with zero attached hydrogens (tertiary/aromatic N) is 2. The quantitative estimate of drug-likeness (QED) is 0.874. The van der Waals surface area contributed by atoms with E-state index in [1.165, 1.54) is 11.1 Å². The summed E-state index contributed by atoms with van der Waals surface area (Å²) in [6, 6.07) is 9.06. The molecule has 1 aromatic carbocycles. The molecular formula is C15H19N3. The van der Waals surface area contributed by atoms with Crippen molar-refractivity contribution in [1.29, 1.82) is 0 Å². The van der Waals surface area contributed by atoms with Crippen molar-refractivity contribution in [2.24, 2.45) is 0 Å². The van der Waals surface area contributed by atoms with E-state index in [9.17, 15) is 0 Å². The molecule has 18 heavy (non-hydrogen) atoms. The zero-order valence-corrected chi connectivity index (χ0v) is 10.9. The molecule has 0 amide bonds. The van der Waals surface area contributed by atoms with E-state index < -0.39 is 0 Å². The van der Waals surface area contributed by atoms with E-state index in [1.807, 2.05) is 19.4 Å². The van der Waals surface area contributed by atoms with Gasteiger partial charge in [0.25, 0.3) is 0 Å². The van der Waals surface area contributed by atoms with Gasteiger partial charge in [-0.1, -0.05) is 31.2 Å². The van der Waals surface area contributed by atoms with Gasteiger partial charge < -0.3 is 5.32 Å². The first-order valence-corrected chi connectivity index (χ1v) is 6.33. The van der Waals surface area contributed by atoms with Gasteiger partial charge in [0.05, 0.1) is 0 Å². The third-order valence-electron chi connectivity index (χ3n) is 3.20. The van der Waals surface area contributed by atoms with E-state index in [4.69, 9.17) is 0 Å². The van der Waals surface area contributed by atoms with Crippen LogP contribution in [0, 0.1) is 0 Å². The van der Waals surface area contributed by atoms with Crippen molar-refractivity contribution in [2.75, 3.05) is 7.05 Å². The maximum absolute atomic E-state index is 4.07. The second kappa shape index (κ2) is 6.26. The molecule has 3 nitrogen and oxygen atoms in total. The molecule has 1 atom stereocenters. The maximum atomic E-state index is 4.07. The molecule has 0 radical (unpaired) electrons. The lowest BCUT2D eigenvalue weighted by atomic mass is 10.00. The Labute approximate surface area is 108 Å². The van der Waals surface area contributed by atoms with Gasteiger partial charge in [-0.2, -0.15) is 0 Å². The first-order chi connectivity index (χ1) is 8.83. The van der Waals surface area contributed by atoms with Crippen LogP contribution in [0.5, 0.6) is 0 Å². The number of nitrogens with one attached hydrogen (secondary N) is 1. The second-order valence-corrected chi connectivity index (χ2v) is 4.39. The molecule has 2 aromatic rings. The summed E-state index contributed by atoms with van der Waals surface area (Å²) in [5.41, 5.74) is 3.83. The SMILES string of the molecule is CCc1ccc(CC(NC)c2cncnc2)cc1. The molecule has 0 aliphatic heterocycles. The van der Waals surface area contributed by atoms with Crippen LogP contribution in [0.3, 0.4) is 0 Å².